The summed E-state index contributed by atoms with van der Waals surface area (Å²) in [7, 11) is 0. The van der Waals surface area contributed by atoms with Gasteiger partial charge in [0, 0.05) is 63.0 Å². The number of hydrogen-bond donors (Lipinski definition) is 0. The Morgan fingerprint density at radius 2 is 1.84 bits per heavy atom. The fourth-order valence-electron chi connectivity index (χ4n) is 4.33. The van der Waals surface area contributed by atoms with Crippen LogP contribution >= 0.6 is 11.5 Å². The largest absolute Gasteiger partial charge is 0.353 e. The Balaban J connectivity index is 1.11. The minimum absolute atomic E-state index is 0.00688. The summed E-state index contributed by atoms with van der Waals surface area (Å²) in [5.74, 6) is 2.49. The average Bonchev–Trinajstić information content (AvgIpc) is 3.58. The van der Waals surface area contributed by atoms with Gasteiger partial charge in [0.1, 0.15) is 11.6 Å². The molecule has 1 aliphatic heterocycles. The number of rotatable bonds is 5. The standard InChI is InChI=1S/C23H24N6OS/c30-23-18-15-24-21(16-5-6-16)25-19(18)7-8-29(23)14-11-27-9-12-28(13-10-27)22-17-3-1-2-4-20(17)31-26-22/h1-4,7-8,15-16H,5-6,9-14H2. The van der Waals surface area contributed by atoms with Gasteiger partial charge >= 0.3 is 0 Å². The number of benzene rings is 1. The van der Waals surface area contributed by atoms with Crippen LogP contribution in [-0.4, -0.2) is 56.5 Å². The number of nitrogens with zero attached hydrogens (tertiary/aromatic N) is 6. The highest BCUT2D eigenvalue weighted by Crippen LogP contribution is 2.38. The molecule has 0 unspecified atom stereocenters. The molecule has 7 nitrogen and oxygen atoms in total. The van der Waals surface area contributed by atoms with E-state index in [9.17, 15) is 4.79 Å². The summed E-state index contributed by atoms with van der Waals surface area (Å²) in [5, 5.41) is 1.86. The second-order valence-electron chi connectivity index (χ2n) is 8.45. The molecule has 4 aromatic rings. The van der Waals surface area contributed by atoms with Crippen LogP contribution in [0.15, 0.2) is 47.5 Å². The summed E-state index contributed by atoms with van der Waals surface area (Å²) in [6.07, 6.45) is 5.92. The Morgan fingerprint density at radius 1 is 1.00 bits per heavy atom. The van der Waals surface area contributed by atoms with Gasteiger partial charge in [-0.05, 0) is 42.6 Å². The molecular weight excluding hydrogens is 408 g/mol. The molecule has 0 spiro atoms. The van der Waals surface area contributed by atoms with Crippen molar-refractivity contribution in [3.8, 4) is 0 Å². The first-order valence-electron chi connectivity index (χ1n) is 10.9. The van der Waals surface area contributed by atoms with Gasteiger partial charge < -0.3 is 9.47 Å². The molecule has 1 saturated heterocycles. The first-order valence-corrected chi connectivity index (χ1v) is 11.7. The van der Waals surface area contributed by atoms with Gasteiger partial charge in [0.25, 0.3) is 5.56 Å². The number of pyridine rings is 1. The fraction of sp³-hybridized carbons (Fsp3) is 0.391. The maximum absolute atomic E-state index is 12.9. The summed E-state index contributed by atoms with van der Waals surface area (Å²) >= 11 is 1.57. The van der Waals surface area contributed by atoms with Crippen molar-refractivity contribution in [1.82, 2.24) is 23.8 Å². The third-order valence-electron chi connectivity index (χ3n) is 6.37. The molecule has 0 bridgehead atoms. The Labute approximate surface area is 184 Å². The third kappa shape index (κ3) is 3.59. The van der Waals surface area contributed by atoms with Crippen molar-refractivity contribution >= 4 is 38.3 Å². The number of anilines is 1. The van der Waals surface area contributed by atoms with Gasteiger partial charge in [-0.25, -0.2) is 9.97 Å². The molecule has 0 atom stereocenters. The first-order chi connectivity index (χ1) is 15.3. The van der Waals surface area contributed by atoms with Crippen LogP contribution in [0.5, 0.6) is 0 Å². The Morgan fingerprint density at radius 3 is 2.68 bits per heavy atom. The molecule has 6 rings (SSSR count). The number of aromatic nitrogens is 4. The Kier molecular flexibility index (Phi) is 4.69. The number of hydrogen-bond acceptors (Lipinski definition) is 7. The normalized spacial score (nSPS) is 17.6. The Hall–Kier alpha value is -2.84. The lowest BCUT2D eigenvalue weighted by Crippen LogP contribution is -2.47. The van der Waals surface area contributed by atoms with Crippen LogP contribution in [0.25, 0.3) is 21.0 Å². The van der Waals surface area contributed by atoms with Gasteiger partial charge in [0.15, 0.2) is 0 Å². The lowest BCUT2D eigenvalue weighted by molar-refractivity contribution is 0.247. The SMILES string of the molecule is O=c1c2cnc(C3CC3)nc2ccn1CCN1CCN(c2nsc3ccccc23)CC1. The van der Waals surface area contributed by atoms with Gasteiger partial charge in [-0.3, -0.25) is 9.69 Å². The molecule has 158 valence electrons. The van der Waals surface area contributed by atoms with E-state index in [2.05, 4.69) is 44.0 Å². The molecule has 1 aliphatic carbocycles. The lowest BCUT2D eigenvalue weighted by Gasteiger charge is -2.35. The quantitative estimate of drug-likeness (QED) is 0.483. The minimum Gasteiger partial charge on any atom is -0.353 e. The number of piperazine rings is 1. The second kappa shape index (κ2) is 7.69. The summed E-state index contributed by atoms with van der Waals surface area (Å²) in [4.78, 5) is 26.7. The van der Waals surface area contributed by atoms with E-state index in [4.69, 9.17) is 4.37 Å². The van der Waals surface area contributed by atoms with E-state index < -0.39 is 0 Å². The highest BCUT2D eigenvalue weighted by atomic mass is 32.1. The molecular formula is C23H24N6OS. The van der Waals surface area contributed by atoms with E-state index in [0.29, 0.717) is 17.8 Å². The van der Waals surface area contributed by atoms with Crippen LogP contribution in [0.1, 0.15) is 24.6 Å². The molecule has 0 amide bonds. The van der Waals surface area contributed by atoms with Crippen LogP contribution in [0.4, 0.5) is 5.82 Å². The van der Waals surface area contributed by atoms with E-state index in [1.165, 1.54) is 10.1 Å². The lowest BCUT2D eigenvalue weighted by atomic mass is 10.2. The van der Waals surface area contributed by atoms with Crippen LogP contribution in [0, 0.1) is 0 Å². The molecule has 4 heterocycles. The topological polar surface area (TPSA) is 67.2 Å². The highest BCUT2D eigenvalue weighted by Gasteiger charge is 2.26. The summed E-state index contributed by atoms with van der Waals surface area (Å²) in [6.45, 7) is 5.40. The molecule has 0 N–H and O–H groups in total. The predicted octanol–water partition coefficient (Wildman–Crippen LogP) is 3.10. The van der Waals surface area contributed by atoms with Crippen LogP contribution < -0.4 is 10.5 Å². The fourth-order valence-corrected chi connectivity index (χ4v) is 5.13. The highest BCUT2D eigenvalue weighted by molar-refractivity contribution is 7.13. The van der Waals surface area contributed by atoms with Crippen molar-refractivity contribution in [3.63, 3.8) is 0 Å². The van der Waals surface area contributed by atoms with Crippen LogP contribution in [0.3, 0.4) is 0 Å². The van der Waals surface area contributed by atoms with Crippen molar-refractivity contribution in [2.24, 2.45) is 0 Å². The zero-order valence-electron chi connectivity index (χ0n) is 17.3. The van der Waals surface area contributed by atoms with Gasteiger partial charge in [0.2, 0.25) is 0 Å². The van der Waals surface area contributed by atoms with Crippen LogP contribution in [0.2, 0.25) is 0 Å². The zero-order valence-corrected chi connectivity index (χ0v) is 18.1. The van der Waals surface area contributed by atoms with Crippen molar-refractivity contribution in [1.29, 1.82) is 0 Å². The maximum Gasteiger partial charge on any atom is 0.261 e. The van der Waals surface area contributed by atoms with Crippen molar-refractivity contribution in [2.75, 3.05) is 37.6 Å². The van der Waals surface area contributed by atoms with Crippen molar-refractivity contribution in [3.05, 3.63) is 58.9 Å². The first kappa shape index (κ1) is 18.9. The van der Waals surface area contributed by atoms with Crippen LogP contribution in [-0.2, 0) is 6.54 Å². The van der Waals surface area contributed by atoms with Gasteiger partial charge in [-0.2, -0.15) is 4.37 Å². The zero-order chi connectivity index (χ0) is 20.8. The molecule has 1 saturated carbocycles. The summed E-state index contributed by atoms with van der Waals surface area (Å²) in [6, 6.07) is 10.4. The van der Waals surface area contributed by atoms with E-state index in [1.807, 2.05) is 12.3 Å². The maximum atomic E-state index is 12.9. The Bertz CT molecular complexity index is 1300. The summed E-state index contributed by atoms with van der Waals surface area (Å²) in [5.41, 5.74) is 0.773. The van der Waals surface area contributed by atoms with Gasteiger partial charge in [-0.1, -0.05) is 12.1 Å². The monoisotopic (exact) mass is 432 g/mol. The van der Waals surface area contributed by atoms with E-state index in [-0.39, 0.29) is 5.56 Å². The minimum atomic E-state index is 0.00688. The molecule has 31 heavy (non-hydrogen) atoms. The van der Waals surface area contributed by atoms with Gasteiger partial charge in [-0.15, -0.1) is 0 Å². The molecule has 2 aliphatic rings. The van der Waals surface area contributed by atoms with Crippen molar-refractivity contribution in [2.45, 2.75) is 25.3 Å². The molecule has 2 fully saturated rings. The predicted molar refractivity (Wildman–Crippen MR) is 124 cm³/mol. The molecule has 3 aromatic heterocycles. The smallest absolute Gasteiger partial charge is 0.261 e. The molecule has 0 radical (unpaired) electrons. The van der Waals surface area contributed by atoms with Gasteiger partial charge in [0.05, 0.1) is 15.6 Å². The number of fused-ring (bicyclic) bond motifs is 2. The second-order valence-corrected chi connectivity index (χ2v) is 9.25. The molecule has 1 aromatic carbocycles. The average molecular weight is 433 g/mol. The van der Waals surface area contributed by atoms with E-state index in [1.54, 1.807) is 22.3 Å². The van der Waals surface area contributed by atoms with E-state index >= 15 is 0 Å². The van der Waals surface area contributed by atoms with E-state index in [0.717, 1.165) is 62.7 Å². The summed E-state index contributed by atoms with van der Waals surface area (Å²) < 4.78 is 7.72. The molecule has 8 heteroatoms. The third-order valence-corrected chi connectivity index (χ3v) is 7.19. The van der Waals surface area contributed by atoms with Crippen molar-refractivity contribution < 1.29 is 0 Å².